The fourth-order valence-corrected chi connectivity index (χ4v) is 3.94. The lowest BCUT2D eigenvalue weighted by Crippen LogP contribution is -2.37. The minimum absolute atomic E-state index is 0.166. The van der Waals surface area contributed by atoms with E-state index in [1.54, 1.807) is 0 Å². The van der Waals surface area contributed by atoms with E-state index >= 15 is 0 Å². The molecule has 0 heterocycles. The van der Waals surface area contributed by atoms with Crippen molar-refractivity contribution in [1.29, 1.82) is 5.26 Å². The van der Waals surface area contributed by atoms with Gasteiger partial charge < -0.3 is 5.11 Å². The largest absolute Gasteiger partial charge is 0.388 e. The molecule has 1 aliphatic carbocycles. The quantitative estimate of drug-likeness (QED) is 0.868. The first-order chi connectivity index (χ1) is 9.36. The molecule has 108 valence electrons. The summed E-state index contributed by atoms with van der Waals surface area (Å²) in [4.78, 5) is 0. The summed E-state index contributed by atoms with van der Waals surface area (Å²) in [5.74, 6) is 0.813. The van der Waals surface area contributed by atoms with Crippen LogP contribution in [0.2, 0.25) is 0 Å². The number of aryl methyl sites for hydroxylation is 1. The Balaban J connectivity index is 2.32. The van der Waals surface area contributed by atoms with Crippen LogP contribution in [0.3, 0.4) is 0 Å². The van der Waals surface area contributed by atoms with Crippen LogP contribution in [0.4, 0.5) is 0 Å². The Kier molecular flexibility index (Phi) is 4.20. The molecular formula is C18H25NO. The van der Waals surface area contributed by atoms with Crippen LogP contribution in [0, 0.1) is 35.5 Å². The summed E-state index contributed by atoms with van der Waals surface area (Å²) in [6.45, 7) is 8.73. The van der Waals surface area contributed by atoms with Crippen LogP contribution >= 0.6 is 0 Å². The van der Waals surface area contributed by atoms with Gasteiger partial charge in [-0.25, -0.2) is 0 Å². The molecule has 2 rings (SSSR count). The van der Waals surface area contributed by atoms with Crippen LogP contribution in [-0.2, 0) is 0 Å². The van der Waals surface area contributed by atoms with E-state index in [-0.39, 0.29) is 11.3 Å². The van der Waals surface area contributed by atoms with Crippen LogP contribution < -0.4 is 0 Å². The van der Waals surface area contributed by atoms with Crippen molar-refractivity contribution < 1.29 is 5.11 Å². The van der Waals surface area contributed by atoms with Crippen molar-refractivity contribution >= 4 is 0 Å². The summed E-state index contributed by atoms with van der Waals surface area (Å²) in [6, 6.07) is 7.90. The second kappa shape index (κ2) is 5.58. The minimum Gasteiger partial charge on any atom is -0.388 e. The Labute approximate surface area is 122 Å². The van der Waals surface area contributed by atoms with E-state index in [1.807, 2.05) is 25.1 Å². The van der Waals surface area contributed by atoms with Gasteiger partial charge in [0.15, 0.2) is 0 Å². The van der Waals surface area contributed by atoms with Crippen LogP contribution in [0.1, 0.15) is 62.8 Å². The van der Waals surface area contributed by atoms with Crippen LogP contribution in [0.5, 0.6) is 0 Å². The van der Waals surface area contributed by atoms with Crippen molar-refractivity contribution in [3.05, 3.63) is 34.9 Å². The highest BCUT2D eigenvalue weighted by Crippen LogP contribution is 2.49. The molecule has 2 nitrogen and oxygen atoms in total. The lowest BCUT2D eigenvalue weighted by Gasteiger charge is -2.45. The lowest BCUT2D eigenvalue weighted by molar-refractivity contribution is -0.0293. The van der Waals surface area contributed by atoms with E-state index in [2.05, 4.69) is 26.8 Å². The average Bonchev–Trinajstić information content (AvgIpc) is 2.37. The Hall–Kier alpha value is -1.33. The molecule has 0 bridgehead atoms. The third-order valence-corrected chi connectivity index (χ3v) is 5.05. The molecule has 1 aromatic rings. The van der Waals surface area contributed by atoms with Crippen molar-refractivity contribution in [2.75, 3.05) is 0 Å². The third kappa shape index (κ3) is 2.74. The highest BCUT2D eigenvalue weighted by atomic mass is 16.3. The number of nitrogens with zero attached hydrogens (tertiary/aromatic N) is 1. The first-order valence-electron chi connectivity index (χ1n) is 7.55. The van der Waals surface area contributed by atoms with Gasteiger partial charge in [0.2, 0.25) is 0 Å². The molecule has 0 aliphatic heterocycles. The smallest absolute Gasteiger partial charge is 0.0994 e. The maximum Gasteiger partial charge on any atom is 0.0994 e. The molecule has 0 amide bonds. The maximum atomic E-state index is 10.9. The molecule has 1 aliphatic rings. The molecule has 20 heavy (non-hydrogen) atoms. The summed E-state index contributed by atoms with van der Waals surface area (Å²) in [7, 11) is 0. The molecule has 3 atom stereocenters. The van der Waals surface area contributed by atoms with Crippen LogP contribution in [0.25, 0.3) is 0 Å². The highest BCUT2D eigenvalue weighted by molar-refractivity contribution is 5.40. The van der Waals surface area contributed by atoms with Crippen LogP contribution in [-0.4, -0.2) is 5.11 Å². The zero-order valence-electron chi connectivity index (χ0n) is 13.0. The number of hydrogen-bond donors (Lipinski definition) is 1. The monoisotopic (exact) mass is 271 g/mol. The van der Waals surface area contributed by atoms with Crippen molar-refractivity contribution in [2.24, 2.45) is 17.3 Å². The van der Waals surface area contributed by atoms with Gasteiger partial charge in [-0.15, -0.1) is 0 Å². The summed E-state index contributed by atoms with van der Waals surface area (Å²) >= 11 is 0. The maximum absolute atomic E-state index is 10.9. The molecule has 1 fully saturated rings. The van der Waals surface area contributed by atoms with Gasteiger partial charge in [-0.3, -0.25) is 0 Å². The number of aliphatic hydroxyl groups is 1. The number of benzene rings is 1. The van der Waals surface area contributed by atoms with E-state index in [4.69, 9.17) is 5.26 Å². The molecule has 1 N–H and O–H groups in total. The Morgan fingerprint density at radius 3 is 2.65 bits per heavy atom. The molecule has 1 aromatic carbocycles. The summed E-state index contributed by atoms with van der Waals surface area (Å²) in [6.07, 6.45) is 3.19. The van der Waals surface area contributed by atoms with Gasteiger partial charge in [-0.2, -0.15) is 5.26 Å². The molecule has 0 radical (unpaired) electrons. The van der Waals surface area contributed by atoms with Gasteiger partial charge in [0.05, 0.1) is 17.7 Å². The van der Waals surface area contributed by atoms with Crippen molar-refractivity contribution in [2.45, 2.75) is 53.1 Å². The van der Waals surface area contributed by atoms with Gasteiger partial charge in [0.25, 0.3) is 0 Å². The topological polar surface area (TPSA) is 44.0 Å². The first kappa shape index (κ1) is 15.1. The normalized spacial score (nSPS) is 26.8. The van der Waals surface area contributed by atoms with Gasteiger partial charge in [-0.05, 0) is 47.8 Å². The number of aliphatic hydroxyl groups excluding tert-OH is 1. The number of nitriles is 1. The Bertz CT molecular complexity index is 527. The van der Waals surface area contributed by atoms with E-state index in [0.717, 1.165) is 11.1 Å². The fraction of sp³-hybridized carbons (Fsp3) is 0.611. The first-order valence-corrected chi connectivity index (χ1v) is 7.55. The molecule has 0 spiro atoms. The zero-order chi connectivity index (χ0) is 14.9. The number of hydrogen-bond acceptors (Lipinski definition) is 2. The Morgan fingerprint density at radius 1 is 1.40 bits per heavy atom. The van der Waals surface area contributed by atoms with E-state index in [1.165, 1.54) is 19.3 Å². The lowest BCUT2D eigenvalue weighted by atomic mass is 9.61. The van der Waals surface area contributed by atoms with E-state index < -0.39 is 6.10 Å². The third-order valence-electron chi connectivity index (χ3n) is 5.05. The second-order valence-corrected chi connectivity index (χ2v) is 7.01. The zero-order valence-corrected chi connectivity index (χ0v) is 13.0. The van der Waals surface area contributed by atoms with E-state index in [0.29, 0.717) is 11.5 Å². The minimum atomic E-state index is -0.438. The predicted molar refractivity (Wildman–Crippen MR) is 81.1 cm³/mol. The highest BCUT2D eigenvalue weighted by Gasteiger charge is 2.41. The van der Waals surface area contributed by atoms with Gasteiger partial charge in [-0.1, -0.05) is 45.7 Å². The molecule has 0 aromatic heterocycles. The standard InChI is InChI=1S/C18H25NO/c1-12-6-5-9-18(3,4)16(12)17(20)14-7-8-15(11-19)13(2)10-14/h7-8,10,12,16-17,20H,5-6,9H2,1-4H3/t12-,16-,17-/m0/s1. The van der Waals surface area contributed by atoms with Gasteiger partial charge >= 0.3 is 0 Å². The number of rotatable bonds is 2. The van der Waals surface area contributed by atoms with Gasteiger partial charge in [0, 0.05) is 0 Å². The average molecular weight is 271 g/mol. The molecule has 2 heteroatoms. The van der Waals surface area contributed by atoms with Gasteiger partial charge in [0.1, 0.15) is 0 Å². The molecule has 0 unspecified atom stereocenters. The molecule has 1 saturated carbocycles. The van der Waals surface area contributed by atoms with Crippen molar-refractivity contribution in [1.82, 2.24) is 0 Å². The SMILES string of the molecule is Cc1cc([C@H](O)[C@@H]2[C@@H](C)CCCC2(C)C)ccc1C#N. The summed E-state index contributed by atoms with van der Waals surface area (Å²) in [5.41, 5.74) is 2.76. The summed E-state index contributed by atoms with van der Waals surface area (Å²) < 4.78 is 0. The van der Waals surface area contributed by atoms with Crippen molar-refractivity contribution in [3.63, 3.8) is 0 Å². The predicted octanol–water partition coefficient (Wildman–Crippen LogP) is 4.36. The summed E-state index contributed by atoms with van der Waals surface area (Å²) in [5, 5.41) is 19.9. The molecular weight excluding hydrogens is 246 g/mol. The molecule has 0 saturated heterocycles. The van der Waals surface area contributed by atoms with E-state index in [9.17, 15) is 5.11 Å². The van der Waals surface area contributed by atoms with Crippen molar-refractivity contribution in [3.8, 4) is 6.07 Å². The fourth-order valence-electron chi connectivity index (χ4n) is 3.94. The van der Waals surface area contributed by atoms with Crippen LogP contribution in [0.15, 0.2) is 18.2 Å². The Morgan fingerprint density at radius 2 is 2.10 bits per heavy atom. The second-order valence-electron chi connectivity index (χ2n) is 7.01.